The molecule has 0 aromatic heterocycles. The Morgan fingerprint density at radius 1 is 1.00 bits per heavy atom. The molecule has 1 aromatic rings. The fourth-order valence-corrected chi connectivity index (χ4v) is 0.814. The predicted octanol–water partition coefficient (Wildman–Crippen LogP) is 2.30. The van der Waals surface area contributed by atoms with Crippen molar-refractivity contribution in [1.82, 2.24) is 0 Å². The maximum atomic E-state index is 4.98. The van der Waals surface area contributed by atoms with Gasteiger partial charge < -0.3 is 10.1 Å². The molecule has 2 nitrogen and oxygen atoms in total. The zero-order chi connectivity index (χ0) is 8.49. The zero-order valence-corrected chi connectivity index (χ0v) is 12.0. The zero-order valence-electron chi connectivity index (χ0n) is 8.19. The maximum absolute atomic E-state index is 4.98. The molecule has 1 heterocycles. The van der Waals surface area contributed by atoms with E-state index in [4.69, 9.17) is 4.74 Å². The summed E-state index contributed by atoms with van der Waals surface area (Å²) in [5.41, 5.74) is 0. The second kappa shape index (κ2) is 13.1. The van der Waals surface area contributed by atoms with Crippen LogP contribution in [0.25, 0.3) is 5.32 Å². The average molecular weight is 265 g/mol. The molecule has 0 aliphatic carbocycles. The van der Waals surface area contributed by atoms with Gasteiger partial charge in [0, 0.05) is 13.2 Å². The SMILES string of the molecule is C1COCC[N-]1.Cl.[Zn+2].[c-]1ccccc1. The standard InChI is InChI=1S/C6H5.C4H8NO.ClH.Zn/c1-2-4-6-5-3-1;1-3-6-4-2-5-1;;/h1-5H;1-4H2;1H;/q2*-1;;+2. The topological polar surface area (TPSA) is 23.3 Å². The third kappa shape index (κ3) is 10.1. The minimum Gasteiger partial charge on any atom is -0.659 e. The van der Waals surface area contributed by atoms with Crippen LogP contribution in [0.3, 0.4) is 0 Å². The molecule has 1 aliphatic rings. The summed E-state index contributed by atoms with van der Waals surface area (Å²) in [6.45, 7) is 3.47. The number of hydrogen-bond donors (Lipinski definition) is 0. The van der Waals surface area contributed by atoms with Gasteiger partial charge in [-0.2, -0.15) is 36.4 Å². The normalized spacial score (nSPS) is 13.7. The first-order chi connectivity index (χ1) is 6.00. The predicted molar refractivity (Wildman–Crippen MR) is 56.4 cm³/mol. The van der Waals surface area contributed by atoms with Crippen LogP contribution in [0.5, 0.6) is 0 Å². The van der Waals surface area contributed by atoms with E-state index in [-0.39, 0.29) is 31.9 Å². The Hall–Kier alpha value is 0.0534. The molecular weight excluding hydrogens is 251 g/mol. The summed E-state index contributed by atoms with van der Waals surface area (Å²) in [6.07, 6.45) is 0. The number of benzene rings is 1. The Balaban J connectivity index is 0. The molecule has 1 fully saturated rings. The van der Waals surface area contributed by atoms with Crippen LogP contribution in [0.1, 0.15) is 0 Å². The number of rotatable bonds is 0. The van der Waals surface area contributed by atoms with Crippen LogP contribution >= 0.6 is 12.4 Å². The van der Waals surface area contributed by atoms with Crippen molar-refractivity contribution in [3.8, 4) is 0 Å². The molecule has 1 saturated heterocycles. The van der Waals surface area contributed by atoms with Crippen molar-refractivity contribution in [2.45, 2.75) is 0 Å². The molecule has 0 spiro atoms. The molecule has 1 aliphatic heterocycles. The summed E-state index contributed by atoms with van der Waals surface area (Å²) in [7, 11) is 0. The van der Waals surface area contributed by atoms with Gasteiger partial charge in [-0.25, -0.2) is 0 Å². The van der Waals surface area contributed by atoms with E-state index in [1.807, 2.05) is 30.3 Å². The molecule has 0 radical (unpaired) electrons. The van der Waals surface area contributed by atoms with Gasteiger partial charge in [0.2, 0.25) is 0 Å². The van der Waals surface area contributed by atoms with E-state index in [0.29, 0.717) is 0 Å². The summed E-state index contributed by atoms with van der Waals surface area (Å²) < 4.78 is 4.98. The van der Waals surface area contributed by atoms with Crippen molar-refractivity contribution in [3.63, 3.8) is 0 Å². The largest absolute Gasteiger partial charge is 2.00 e. The van der Waals surface area contributed by atoms with Gasteiger partial charge in [0.25, 0.3) is 0 Å². The fraction of sp³-hybridized carbons (Fsp3) is 0.400. The second-order valence-corrected chi connectivity index (χ2v) is 2.36. The number of morpholine rings is 1. The Kier molecular flexibility index (Phi) is 15.4. The molecule has 14 heavy (non-hydrogen) atoms. The second-order valence-electron chi connectivity index (χ2n) is 2.36. The molecule has 0 bridgehead atoms. The monoisotopic (exact) mass is 263 g/mol. The first-order valence-corrected chi connectivity index (χ1v) is 4.12. The van der Waals surface area contributed by atoms with Crippen LogP contribution in [0.15, 0.2) is 30.3 Å². The van der Waals surface area contributed by atoms with E-state index in [1.54, 1.807) is 0 Å². The van der Waals surface area contributed by atoms with E-state index >= 15 is 0 Å². The van der Waals surface area contributed by atoms with Crippen LogP contribution < -0.4 is 0 Å². The van der Waals surface area contributed by atoms with Crippen LogP contribution in [-0.2, 0) is 24.2 Å². The number of ether oxygens (including phenoxy) is 1. The number of halogens is 1. The fourth-order valence-electron chi connectivity index (χ4n) is 0.814. The van der Waals surface area contributed by atoms with Crippen LogP contribution in [0.4, 0.5) is 0 Å². The molecule has 0 atom stereocenters. The summed E-state index contributed by atoms with van der Waals surface area (Å²) in [4.78, 5) is 0. The number of nitrogens with zero attached hydrogens (tertiary/aromatic N) is 1. The molecule has 0 unspecified atom stereocenters. The van der Waals surface area contributed by atoms with Crippen LogP contribution in [-0.4, -0.2) is 26.3 Å². The summed E-state index contributed by atoms with van der Waals surface area (Å²) in [5.74, 6) is 0. The third-order valence-electron chi connectivity index (χ3n) is 1.39. The van der Waals surface area contributed by atoms with Gasteiger partial charge in [0.15, 0.2) is 0 Å². The van der Waals surface area contributed by atoms with Crippen molar-refractivity contribution in [3.05, 3.63) is 41.7 Å². The Morgan fingerprint density at radius 2 is 1.57 bits per heavy atom. The molecule has 0 saturated carbocycles. The van der Waals surface area contributed by atoms with E-state index in [2.05, 4.69) is 11.4 Å². The van der Waals surface area contributed by atoms with Gasteiger partial charge in [-0.05, 0) is 0 Å². The Labute approximate surface area is 105 Å². The van der Waals surface area contributed by atoms with Gasteiger partial charge in [-0.15, -0.1) is 25.5 Å². The van der Waals surface area contributed by atoms with Crippen molar-refractivity contribution < 1.29 is 24.2 Å². The van der Waals surface area contributed by atoms with Gasteiger partial charge in [-0.3, -0.25) is 0 Å². The summed E-state index contributed by atoms with van der Waals surface area (Å²) in [6, 6.07) is 12.5. The first kappa shape index (κ1) is 16.5. The van der Waals surface area contributed by atoms with Crippen molar-refractivity contribution in [1.29, 1.82) is 0 Å². The van der Waals surface area contributed by atoms with Crippen molar-refractivity contribution in [2.75, 3.05) is 26.3 Å². The first-order valence-electron chi connectivity index (χ1n) is 4.12. The summed E-state index contributed by atoms with van der Waals surface area (Å²) in [5, 5.41) is 4.05. The molecule has 1 aromatic carbocycles. The summed E-state index contributed by atoms with van der Waals surface area (Å²) >= 11 is 0. The van der Waals surface area contributed by atoms with Crippen molar-refractivity contribution >= 4 is 12.4 Å². The van der Waals surface area contributed by atoms with Crippen LogP contribution in [0.2, 0.25) is 0 Å². The number of hydrogen-bond acceptors (Lipinski definition) is 1. The molecular formula is C10H14ClNOZn. The third-order valence-corrected chi connectivity index (χ3v) is 1.39. The molecule has 74 valence electrons. The quantitative estimate of drug-likeness (QED) is 0.521. The average Bonchev–Trinajstić information content (AvgIpc) is 2.24. The van der Waals surface area contributed by atoms with E-state index < -0.39 is 0 Å². The van der Waals surface area contributed by atoms with E-state index in [1.165, 1.54) is 0 Å². The molecule has 2 rings (SSSR count). The van der Waals surface area contributed by atoms with Gasteiger partial charge >= 0.3 is 19.5 Å². The van der Waals surface area contributed by atoms with E-state index in [9.17, 15) is 0 Å². The minimum atomic E-state index is 0. The molecule has 0 amide bonds. The van der Waals surface area contributed by atoms with Crippen LogP contribution in [0, 0.1) is 6.07 Å². The van der Waals surface area contributed by atoms with Crippen molar-refractivity contribution in [2.24, 2.45) is 0 Å². The van der Waals surface area contributed by atoms with Gasteiger partial charge in [0.1, 0.15) is 0 Å². The van der Waals surface area contributed by atoms with Gasteiger partial charge in [0.05, 0.1) is 0 Å². The molecule has 4 heteroatoms. The Morgan fingerprint density at radius 3 is 1.71 bits per heavy atom. The minimum absolute atomic E-state index is 0. The molecule has 0 N–H and O–H groups in total. The maximum Gasteiger partial charge on any atom is 2.00 e. The van der Waals surface area contributed by atoms with Gasteiger partial charge in [-0.1, -0.05) is 0 Å². The van der Waals surface area contributed by atoms with E-state index in [0.717, 1.165) is 26.3 Å². The smallest absolute Gasteiger partial charge is 0.659 e. The Bertz CT molecular complexity index is 145.